The quantitative estimate of drug-likeness (QED) is 0.810. The third-order valence-corrected chi connectivity index (χ3v) is 5.35. The van der Waals surface area contributed by atoms with E-state index in [1.54, 1.807) is 0 Å². The van der Waals surface area contributed by atoms with Gasteiger partial charge in [-0.25, -0.2) is 0 Å². The lowest BCUT2D eigenvalue weighted by atomic mass is 9.87. The molecule has 0 aromatic heterocycles. The Morgan fingerprint density at radius 1 is 1.25 bits per heavy atom. The van der Waals surface area contributed by atoms with E-state index in [1.165, 1.54) is 38.6 Å². The molecule has 2 atom stereocenters. The first kappa shape index (κ1) is 16.3. The molecular formula is C17H34N2O. The van der Waals surface area contributed by atoms with Crippen molar-refractivity contribution in [2.24, 2.45) is 5.92 Å². The molecule has 0 aromatic rings. The molecule has 1 heterocycles. The molecule has 2 rings (SSSR count). The second kappa shape index (κ2) is 7.24. The lowest BCUT2D eigenvalue weighted by molar-refractivity contribution is 0.00782. The third-order valence-electron chi connectivity index (χ3n) is 5.35. The molecule has 2 fully saturated rings. The van der Waals surface area contributed by atoms with Crippen LogP contribution in [0.15, 0.2) is 0 Å². The van der Waals surface area contributed by atoms with Gasteiger partial charge in [0.1, 0.15) is 0 Å². The maximum atomic E-state index is 5.80. The van der Waals surface area contributed by atoms with Gasteiger partial charge < -0.3 is 10.1 Å². The summed E-state index contributed by atoms with van der Waals surface area (Å²) in [7, 11) is 0. The monoisotopic (exact) mass is 282 g/mol. The zero-order valence-corrected chi connectivity index (χ0v) is 14.0. The fraction of sp³-hybridized carbons (Fsp3) is 1.00. The molecule has 118 valence electrons. The highest BCUT2D eigenvalue weighted by Crippen LogP contribution is 2.34. The van der Waals surface area contributed by atoms with Crippen LogP contribution in [0.1, 0.15) is 59.8 Å². The smallest absolute Gasteiger partial charge is 0.0597 e. The van der Waals surface area contributed by atoms with Gasteiger partial charge in [-0.15, -0.1) is 0 Å². The Balaban J connectivity index is 1.95. The van der Waals surface area contributed by atoms with E-state index in [2.05, 4.69) is 37.9 Å². The van der Waals surface area contributed by atoms with Crippen molar-refractivity contribution < 1.29 is 4.74 Å². The van der Waals surface area contributed by atoms with Crippen molar-refractivity contribution in [1.82, 2.24) is 10.2 Å². The second-order valence-corrected chi connectivity index (χ2v) is 7.21. The molecule has 20 heavy (non-hydrogen) atoms. The first-order valence-corrected chi connectivity index (χ1v) is 8.67. The summed E-state index contributed by atoms with van der Waals surface area (Å²) in [4.78, 5) is 2.72. The van der Waals surface area contributed by atoms with Crippen LogP contribution >= 0.6 is 0 Å². The van der Waals surface area contributed by atoms with Crippen LogP contribution in [-0.4, -0.2) is 48.8 Å². The summed E-state index contributed by atoms with van der Waals surface area (Å²) in [5.74, 6) is 0.764. The number of ether oxygens (including phenoxy) is 1. The van der Waals surface area contributed by atoms with Gasteiger partial charge in [-0.05, 0) is 32.6 Å². The van der Waals surface area contributed by atoms with E-state index in [0.29, 0.717) is 17.7 Å². The summed E-state index contributed by atoms with van der Waals surface area (Å²) in [6.45, 7) is 13.3. The number of nitrogens with zero attached hydrogens (tertiary/aromatic N) is 1. The highest BCUT2D eigenvalue weighted by molar-refractivity contribution is 5.01. The van der Waals surface area contributed by atoms with Crippen LogP contribution in [0.4, 0.5) is 0 Å². The number of hydrogen-bond donors (Lipinski definition) is 1. The standard InChI is InChI=1S/C17H34N2O/c1-5-15(4)16-12-18-17(8-6-7-9-17)13-19(16)10-11-20-14(2)3/h14-16,18H,5-13H2,1-4H3. The van der Waals surface area contributed by atoms with E-state index in [4.69, 9.17) is 4.74 Å². The molecule has 1 aliphatic carbocycles. The van der Waals surface area contributed by atoms with Crippen molar-refractivity contribution >= 4 is 0 Å². The molecular weight excluding hydrogens is 248 g/mol. The minimum Gasteiger partial charge on any atom is -0.377 e. The van der Waals surface area contributed by atoms with E-state index in [9.17, 15) is 0 Å². The maximum absolute atomic E-state index is 5.80. The molecule has 3 nitrogen and oxygen atoms in total. The number of piperazine rings is 1. The second-order valence-electron chi connectivity index (χ2n) is 7.21. The first-order chi connectivity index (χ1) is 9.56. The van der Waals surface area contributed by atoms with Crippen LogP contribution in [0.5, 0.6) is 0 Å². The van der Waals surface area contributed by atoms with Crippen molar-refractivity contribution in [3.8, 4) is 0 Å². The summed E-state index contributed by atoms with van der Waals surface area (Å²) in [6.07, 6.45) is 7.14. The fourth-order valence-corrected chi connectivity index (χ4v) is 3.88. The molecule has 0 amide bonds. The maximum Gasteiger partial charge on any atom is 0.0597 e. The molecule has 1 saturated carbocycles. The number of hydrogen-bond acceptors (Lipinski definition) is 3. The third kappa shape index (κ3) is 3.96. The Kier molecular flexibility index (Phi) is 5.88. The summed E-state index contributed by atoms with van der Waals surface area (Å²) in [6, 6.07) is 0.682. The summed E-state index contributed by atoms with van der Waals surface area (Å²) in [5.41, 5.74) is 0.418. The average Bonchev–Trinajstić information content (AvgIpc) is 2.86. The Morgan fingerprint density at radius 3 is 2.55 bits per heavy atom. The minimum absolute atomic E-state index is 0.348. The van der Waals surface area contributed by atoms with Gasteiger partial charge in [-0.2, -0.15) is 0 Å². The molecule has 2 unspecified atom stereocenters. The molecule has 2 aliphatic rings. The van der Waals surface area contributed by atoms with Crippen molar-refractivity contribution in [3.63, 3.8) is 0 Å². The Hall–Kier alpha value is -0.120. The Labute approximate surface area is 125 Å². The first-order valence-electron chi connectivity index (χ1n) is 8.67. The molecule has 1 aliphatic heterocycles. The van der Waals surface area contributed by atoms with E-state index in [1.807, 2.05) is 0 Å². The molecule has 0 radical (unpaired) electrons. The van der Waals surface area contributed by atoms with Crippen LogP contribution in [0, 0.1) is 5.92 Å². The van der Waals surface area contributed by atoms with Gasteiger partial charge in [0.25, 0.3) is 0 Å². The molecule has 3 heteroatoms. The van der Waals surface area contributed by atoms with Gasteiger partial charge in [-0.1, -0.05) is 33.1 Å². The number of rotatable bonds is 6. The lowest BCUT2D eigenvalue weighted by Crippen LogP contribution is -2.64. The SMILES string of the molecule is CCC(C)C1CNC2(CCCC2)CN1CCOC(C)C. The van der Waals surface area contributed by atoms with Crippen LogP contribution in [-0.2, 0) is 4.74 Å². The van der Waals surface area contributed by atoms with Gasteiger partial charge in [0.05, 0.1) is 12.7 Å². The van der Waals surface area contributed by atoms with Gasteiger partial charge in [0.2, 0.25) is 0 Å². The lowest BCUT2D eigenvalue weighted by Gasteiger charge is -2.48. The zero-order valence-electron chi connectivity index (χ0n) is 14.0. The average molecular weight is 282 g/mol. The molecule has 0 aromatic carbocycles. The predicted octanol–water partition coefficient (Wildman–Crippen LogP) is 3.04. The fourth-order valence-electron chi connectivity index (χ4n) is 3.88. The van der Waals surface area contributed by atoms with Gasteiger partial charge in [0.15, 0.2) is 0 Å². The summed E-state index contributed by atoms with van der Waals surface area (Å²) < 4.78 is 5.80. The van der Waals surface area contributed by atoms with Crippen LogP contribution < -0.4 is 5.32 Å². The zero-order chi connectivity index (χ0) is 14.6. The molecule has 0 bridgehead atoms. The van der Waals surface area contributed by atoms with Crippen molar-refractivity contribution in [1.29, 1.82) is 0 Å². The van der Waals surface area contributed by atoms with Gasteiger partial charge in [0, 0.05) is 31.2 Å². The largest absolute Gasteiger partial charge is 0.377 e. The molecule has 1 spiro atoms. The topological polar surface area (TPSA) is 24.5 Å². The molecule has 1 saturated heterocycles. The van der Waals surface area contributed by atoms with E-state index in [0.717, 1.165) is 25.6 Å². The Morgan fingerprint density at radius 2 is 1.95 bits per heavy atom. The number of nitrogens with one attached hydrogen (secondary N) is 1. The van der Waals surface area contributed by atoms with Crippen LogP contribution in [0.25, 0.3) is 0 Å². The predicted molar refractivity (Wildman–Crippen MR) is 85.1 cm³/mol. The van der Waals surface area contributed by atoms with Crippen LogP contribution in [0.3, 0.4) is 0 Å². The Bertz CT molecular complexity index is 287. The minimum atomic E-state index is 0.348. The summed E-state index contributed by atoms with van der Waals surface area (Å²) >= 11 is 0. The van der Waals surface area contributed by atoms with E-state index in [-0.39, 0.29) is 0 Å². The molecule has 1 N–H and O–H groups in total. The van der Waals surface area contributed by atoms with Crippen LogP contribution in [0.2, 0.25) is 0 Å². The van der Waals surface area contributed by atoms with Crippen molar-refractivity contribution in [2.75, 3.05) is 26.2 Å². The van der Waals surface area contributed by atoms with Crippen molar-refractivity contribution in [2.45, 2.75) is 77.5 Å². The van der Waals surface area contributed by atoms with E-state index < -0.39 is 0 Å². The highest BCUT2D eigenvalue weighted by atomic mass is 16.5. The highest BCUT2D eigenvalue weighted by Gasteiger charge is 2.41. The summed E-state index contributed by atoms with van der Waals surface area (Å²) in [5, 5.41) is 3.91. The van der Waals surface area contributed by atoms with Gasteiger partial charge >= 0.3 is 0 Å². The van der Waals surface area contributed by atoms with Crippen molar-refractivity contribution in [3.05, 3.63) is 0 Å². The van der Waals surface area contributed by atoms with E-state index >= 15 is 0 Å². The normalized spacial score (nSPS) is 28.4. The van der Waals surface area contributed by atoms with Gasteiger partial charge in [-0.3, -0.25) is 4.90 Å².